The van der Waals surface area contributed by atoms with Gasteiger partial charge in [-0.25, -0.2) is 0 Å². The van der Waals surface area contributed by atoms with E-state index in [2.05, 4.69) is 13.8 Å². The normalized spacial score (nSPS) is 50.1. The summed E-state index contributed by atoms with van der Waals surface area (Å²) in [5.74, 6) is 1.69. The van der Waals surface area contributed by atoms with Gasteiger partial charge in [0.05, 0.1) is 12.0 Å². The summed E-state index contributed by atoms with van der Waals surface area (Å²) in [7, 11) is 0. The van der Waals surface area contributed by atoms with Crippen LogP contribution in [-0.4, -0.2) is 34.0 Å². The number of phenols is 1. The molecule has 1 aromatic rings. The molecular weight excluding hydrogens is 392 g/mol. The van der Waals surface area contributed by atoms with Gasteiger partial charge < -0.3 is 19.7 Å². The summed E-state index contributed by atoms with van der Waals surface area (Å²) in [6.45, 7) is 6.91. The molecule has 2 N–H and O–H groups in total. The fourth-order valence-electron chi connectivity index (χ4n) is 9.17. The van der Waals surface area contributed by atoms with Gasteiger partial charge in [0.1, 0.15) is 22.7 Å². The Hall–Kier alpha value is -1.75. The number of ether oxygens (including phenoxy) is 2. The first-order valence-electron chi connectivity index (χ1n) is 12.0. The highest BCUT2D eigenvalue weighted by atomic mass is 16.5. The van der Waals surface area contributed by atoms with Crippen LogP contribution >= 0.6 is 0 Å². The van der Waals surface area contributed by atoms with Gasteiger partial charge in [-0.3, -0.25) is 4.79 Å². The molecule has 0 radical (unpaired) electrons. The lowest BCUT2D eigenvalue weighted by Crippen LogP contribution is -2.75. The second kappa shape index (κ2) is 5.78. The van der Waals surface area contributed by atoms with E-state index in [1.54, 1.807) is 12.1 Å². The fourth-order valence-corrected chi connectivity index (χ4v) is 9.17. The van der Waals surface area contributed by atoms with Crippen molar-refractivity contribution in [2.24, 2.45) is 28.1 Å². The number of benzene rings is 1. The maximum Gasteiger partial charge on any atom is 0.312 e. The first kappa shape index (κ1) is 19.9. The van der Waals surface area contributed by atoms with Gasteiger partial charge in [0.2, 0.25) is 0 Å². The van der Waals surface area contributed by atoms with Crippen LogP contribution in [0.25, 0.3) is 0 Å². The monoisotopic (exact) mass is 426 g/mol. The van der Waals surface area contributed by atoms with Crippen LogP contribution in [0.1, 0.15) is 71.3 Å². The topological polar surface area (TPSA) is 76.0 Å². The van der Waals surface area contributed by atoms with E-state index in [9.17, 15) is 15.0 Å². The minimum absolute atomic E-state index is 0.00561. The molecule has 1 aromatic carbocycles. The number of esters is 1. The molecule has 4 fully saturated rings. The van der Waals surface area contributed by atoms with Crippen LogP contribution in [0, 0.1) is 28.1 Å². The van der Waals surface area contributed by atoms with E-state index >= 15 is 0 Å². The molecule has 0 unspecified atom stereocenters. The quantitative estimate of drug-likeness (QED) is 0.602. The van der Waals surface area contributed by atoms with Crippen molar-refractivity contribution in [3.63, 3.8) is 0 Å². The highest BCUT2D eigenvalue weighted by Crippen LogP contribution is 2.73. The van der Waals surface area contributed by atoms with Gasteiger partial charge in [-0.2, -0.15) is 0 Å². The minimum atomic E-state index is -0.973. The maximum absolute atomic E-state index is 12.8. The standard InChI is InChI=1S/C26H34O5/c1-22-9-4-10-25(15-30-21(22)28)19(22)7-11-23(2)20(25)8-12-24(3,29)26(23)14-16-13-17(27)5-6-18(16)31-26/h5-6,13,19-20,27,29H,4,7-12,14-15H2,1-3H3/t19-,20-,22-,23+,24-,25+,26+/m0/s1. The summed E-state index contributed by atoms with van der Waals surface area (Å²) in [5.41, 5.74) is -1.39. The summed E-state index contributed by atoms with van der Waals surface area (Å²) in [6, 6.07) is 5.29. The average molecular weight is 427 g/mol. The molecule has 0 amide bonds. The molecule has 5 aliphatic rings. The Bertz CT molecular complexity index is 971. The highest BCUT2D eigenvalue weighted by molar-refractivity contribution is 5.78. The van der Waals surface area contributed by atoms with Crippen molar-refractivity contribution in [1.82, 2.24) is 0 Å². The summed E-state index contributed by atoms with van der Waals surface area (Å²) in [5, 5.41) is 21.9. The summed E-state index contributed by atoms with van der Waals surface area (Å²) >= 11 is 0. The molecule has 2 bridgehead atoms. The molecule has 6 rings (SSSR count). The van der Waals surface area contributed by atoms with Gasteiger partial charge in [0, 0.05) is 22.8 Å². The second-order valence-corrected chi connectivity index (χ2v) is 11.9. The zero-order chi connectivity index (χ0) is 21.9. The Balaban J connectivity index is 1.49. The Kier molecular flexibility index (Phi) is 3.71. The zero-order valence-electron chi connectivity index (χ0n) is 18.9. The van der Waals surface area contributed by atoms with E-state index < -0.39 is 11.2 Å². The van der Waals surface area contributed by atoms with Crippen LogP contribution in [0.3, 0.4) is 0 Å². The number of hydrogen-bond donors (Lipinski definition) is 2. The van der Waals surface area contributed by atoms with Crippen molar-refractivity contribution in [3.8, 4) is 11.5 Å². The second-order valence-electron chi connectivity index (χ2n) is 11.9. The number of aliphatic hydroxyl groups is 1. The van der Waals surface area contributed by atoms with Gasteiger partial charge in [-0.15, -0.1) is 0 Å². The van der Waals surface area contributed by atoms with Gasteiger partial charge in [-0.1, -0.05) is 13.3 Å². The van der Waals surface area contributed by atoms with Crippen LogP contribution < -0.4 is 4.74 Å². The van der Waals surface area contributed by atoms with E-state index in [4.69, 9.17) is 9.47 Å². The van der Waals surface area contributed by atoms with Crippen molar-refractivity contribution in [1.29, 1.82) is 0 Å². The minimum Gasteiger partial charge on any atom is -0.508 e. The van der Waals surface area contributed by atoms with E-state index in [1.807, 2.05) is 13.0 Å². The summed E-state index contributed by atoms with van der Waals surface area (Å²) < 4.78 is 12.7. The van der Waals surface area contributed by atoms with Crippen LogP contribution in [0.15, 0.2) is 18.2 Å². The van der Waals surface area contributed by atoms with Crippen molar-refractivity contribution in [2.75, 3.05) is 6.61 Å². The van der Waals surface area contributed by atoms with Crippen LogP contribution in [0.2, 0.25) is 0 Å². The van der Waals surface area contributed by atoms with Crippen molar-refractivity contribution >= 4 is 5.97 Å². The van der Waals surface area contributed by atoms with Gasteiger partial charge in [-0.05, 0) is 82.4 Å². The van der Waals surface area contributed by atoms with E-state index in [1.165, 1.54) is 0 Å². The Morgan fingerprint density at radius 3 is 2.61 bits per heavy atom. The van der Waals surface area contributed by atoms with Crippen LogP contribution in [-0.2, 0) is 16.0 Å². The lowest BCUT2D eigenvalue weighted by atomic mass is 9.36. The van der Waals surface area contributed by atoms with Gasteiger partial charge in [0.15, 0.2) is 0 Å². The lowest BCUT2D eigenvalue weighted by Gasteiger charge is -2.71. The third-order valence-electron chi connectivity index (χ3n) is 10.6. The number of cyclic esters (lactones) is 1. The fraction of sp³-hybridized carbons (Fsp3) is 0.731. The maximum atomic E-state index is 12.8. The first-order chi connectivity index (χ1) is 14.6. The van der Waals surface area contributed by atoms with E-state index in [-0.39, 0.29) is 28.0 Å². The third kappa shape index (κ3) is 2.15. The molecule has 7 atom stereocenters. The molecule has 31 heavy (non-hydrogen) atoms. The molecule has 1 saturated heterocycles. The number of carbonyl (C=O) groups is 1. The van der Waals surface area contributed by atoms with Gasteiger partial charge >= 0.3 is 5.97 Å². The Labute approximate surface area is 184 Å². The summed E-state index contributed by atoms with van der Waals surface area (Å²) in [6.07, 6.45) is 7.19. The van der Waals surface area contributed by atoms with Crippen LogP contribution in [0.4, 0.5) is 0 Å². The smallest absolute Gasteiger partial charge is 0.312 e. The van der Waals surface area contributed by atoms with Gasteiger partial charge in [0.25, 0.3) is 0 Å². The molecule has 1 spiro atoms. The Morgan fingerprint density at radius 1 is 1.03 bits per heavy atom. The largest absolute Gasteiger partial charge is 0.508 e. The van der Waals surface area contributed by atoms with Crippen molar-refractivity contribution < 1.29 is 24.5 Å². The molecular formula is C26H34O5. The molecule has 168 valence electrons. The average Bonchev–Trinajstić information content (AvgIpc) is 3.10. The molecule has 0 aromatic heterocycles. The third-order valence-corrected chi connectivity index (χ3v) is 10.6. The van der Waals surface area contributed by atoms with Crippen molar-refractivity contribution in [2.45, 2.75) is 83.3 Å². The molecule has 3 saturated carbocycles. The molecule has 2 aliphatic heterocycles. The molecule has 5 nitrogen and oxygen atoms in total. The van der Waals surface area contributed by atoms with Crippen molar-refractivity contribution in [3.05, 3.63) is 23.8 Å². The number of aromatic hydroxyl groups is 1. The number of hydrogen-bond acceptors (Lipinski definition) is 5. The number of fused-ring (bicyclic) bond motifs is 3. The summed E-state index contributed by atoms with van der Waals surface area (Å²) in [4.78, 5) is 12.8. The molecule has 5 heteroatoms. The SMILES string of the molecule is C[C@]1(O)CC[C@@H]2[C@]34CCC[C@](C)(C(=O)OC3)[C@@H]4CC[C@@]2(C)[C@]12Cc1cc(O)ccc1O2. The molecule has 2 heterocycles. The van der Waals surface area contributed by atoms with E-state index in [0.717, 1.165) is 49.8 Å². The predicted molar refractivity (Wildman–Crippen MR) is 115 cm³/mol. The first-order valence-corrected chi connectivity index (χ1v) is 12.0. The number of phenolic OH excluding ortho intramolecular Hbond substituents is 1. The number of rotatable bonds is 0. The lowest BCUT2D eigenvalue weighted by molar-refractivity contribution is -0.293. The Morgan fingerprint density at radius 2 is 1.81 bits per heavy atom. The zero-order valence-corrected chi connectivity index (χ0v) is 18.9. The number of carbonyl (C=O) groups excluding carboxylic acids is 1. The van der Waals surface area contributed by atoms with E-state index in [0.29, 0.717) is 31.3 Å². The van der Waals surface area contributed by atoms with Crippen LogP contribution in [0.5, 0.6) is 11.5 Å². The molecule has 3 aliphatic carbocycles. The highest BCUT2D eigenvalue weighted by Gasteiger charge is 2.75. The predicted octanol–water partition coefficient (Wildman–Crippen LogP) is 4.38.